The van der Waals surface area contributed by atoms with Crippen molar-refractivity contribution in [2.75, 3.05) is 26.3 Å². The molecule has 3 N–H and O–H groups in total. The van der Waals surface area contributed by atoms with Crippen LogP contribution in [-0.2, 0) is 11.1 Å². The number of nitrogens with one attached hydrogen (secondary N) is 1. The van der Waals surface area contributed by atoms with Crippen LogP contribution in [0.4, 0.5) is 0 Å². The van der Waals surface area contributed by atoms with Gasteiger partial charge in [0.25, 0.3) is 0 Å². The van der Waals surface area contributed by atoms with Gasteiger partial charge in [-0.05, 0) is 66.4 Å². The van der Waals surface area contributed by atoms with E-state index in [1.54, 1.807) is 6.07 Å². The van der Waals surface area contributed by atoms with Gasteiger partial charge in [-0.25, -0.2) is 0 Å². The Labute approximate surface area is 179 Å². The third-order valence-electron chi connectivity index (χ3n) is 4.67. The van der Waals surface area contributed by atoms with Crippen molar-refractivity contribution >= 4 is 42.7 Å². The third-order valence-corrected chi connectivity index (χ3v) is 6.96. The van der Waals surface area contributed by atoms with Crippen LogP contribution in [0.1, 0.15) is 29.0 Å². The summed E-state index contributed by atoms with van der Waals surface area (Å²) in [5.41, 5.74) is 3.49. The van der Waals surface area contributed by atoms with Crippen molar-refractivity contribution in [1.29, 1.82) is 0 Å². The van der Waals surface area contributed by atoms with Crippen molar-refractivity contribution in [3.8, 4) is 0 Å². The molecule has 1 aliphatic rings. The first-order valence-electron chi connectivity index (χ1n) is 8.93. The fourth-order valence-electron chi connectivity index (χ4n) is 3.42. The molecule has 152 valence electrons. The van der Waals surface area contributed by atoms with Crippen LogP contribution in [0.5, 0.6) is 0 Å². The number of halogens is 2. The largest absolute Gasteiger partial charge is 0.325 e. The zero-order valence-electron chi connectivity index (χ0n) is 15.4. The Hall–Kier alpha value is -0.560. The first kappa shape index (κ1) is 22.1. The van der Waals surface area contributed by atoms with E-state index in [0.29, 0.717) is 23.0 Å². The Morgan fingerprint density at radius 3 is 2.82 bits per heavy atom. The van der Waals surface area contributed by atoms with E-state index < -0.39 is 7.60 Å². The summed E-state index contributed by atoms with van der Waals surface area (Å²) in [6.07, 6.45) is 0.322. The molecule has 0 aliphatic carbocycles. The van der Waals surface area contributed by atoms with Gasteiger partial charge in [0, 0.05) is 40.5 Å². The van der Waals surface area contributed by atoms with Crippen LogP contribution in [0.15, 0.2) is 41.3 Å². The van der Waals surface area contributed by atoms with Crippen molar-refractivity contribution in [3.63, 3.8) is 0 Å². The summed E-state index contributed by atoms with van der Waals surface area (Å²) in [4.78, 5) is 21.1. The average molecular weight is 461 g/mol. The predicted octanol–water partition coefficient (Wildman–Crippen LogP) is 4.74. The second-order valence-electron chi connectivity index (χ2n) is 7.02. The Balaban J connectivity index is 1.73. The second kappa shape index (κ2) is 9.50. The molecule has 0 saturated carbocycles. The summed E-state index contributed by atoms with van der Waals surface area (Å²) in [5, 5.41) is 1.35. The number of hydrogen-bond acceptors (Lipinski definition) is 4. The topological polar surface area (TPSA) is 72.8 Å². The zero-order valence-corrected chi connectivity index (χ0v) is 18.7. The van der Waals surface area contributed by atoms with E-state index >= 15 is 0 Å². The monoisotopic (exact) mass is 460 g/mol. The lowest BCUT2D eigenvalue weighted by Gasteiger charge is -2.33. The molecule has 2 aromatic rings. The maximum absolute atomic E-state index is 10.9. The molecule has 0 aromatic heterocycles. The molecule has 5 nitrogen and oxygen atoms in total. The summed E-state index contributed by atoms with van der Waals surface area (Å²) < 4.78 is 14.1. The summed E-state index contributed by atoms with van der Waals surface area (Å²) in [6.45, 7) is 2.21. The van der Waals surface area contributed by atoms with Gasteiger partial charge in [-0.2, -0.15) is 0 Å². The summed E-state index contributed by atoms with van der Waals surface area (Å²) in [7, 11) is -1.84. The van der Waals surface area contributed by atoms with E-state index in [1.807, 2.05) is 18.2 Å². The SMILES string of the molecule is CN1Cc2c(Cl)cc(Cl)cc2C(c2cccc(SNCCCP(=O)(O)O)c2)C1. The van der Waals surface area contributed by atoms with Gasteiger partial charge in [0.1, 0.15) is 0 Å². The lowest BCUT2D eigenvalue weighted by atomic mass is 9.85. The number of nitrogens with zero attached hydrogens (tertiary/aromatic N) is 1. The van der Waals surface area contributed by atoms with Crippen LogP contribution < -0.4 is 4.72 Å². The molecule has 28 heavy (non-hydrogen) atoms. The van der Waals surface area contributed by atoms with Gasteiger partial charge >= 0.3 is 7.60 Å². The minimum Gasteiger partial charge on any atom is -0.324 e. The van der Waals surface area contributed by atoms with E-state index in [0.717, 1.165) is 23.5 Å². The standard InChI is InChI=1S/C19H23Cl2N2O3PS/c1-23-11-17(16-9-14(20)10-19(21)18(16)12-23)13-4-2-5-15(8-13)28-22-6-3-7-27(24,25)26/h2,4-5,8-10,17,22H,3,6-7,11-12H2,1H3,(H2,24,25,26). The predicted molar refractivity (Wildman–Crippen MR) is 116 cm³/mol. The van der Waals surface area contributed by atoms with Crippen LogP contribution in [0.3, 0.4) is 0 Å². The smallest absolute Gasteiger partial charge is 0.324 e. The Morgan fingerprint density at radius 1 is 1.29 bits per heavy atom. The van der Waals surface area contributed by atoms with E-state index in [-0.39, 0.29) is 12.1 Å². The maximum Gasteiger partial charge on any atom is 0.325 e. The summed E-state index contributed by atoms with van der Waals surface area (Å²) >= 11 is 14.2. The molecule has 0 saturated heterocycles. The molecule has 0 spiro atoms. The number of fused-ring (bicyclic) bond motifs is 1. The van der Waals surface area contributed by atoms with Gasteiger partial charge in [-0.1, -0.05) is 35.3 Å². The molecular weight excluding hydrogens is 438 g/mol. The highest BCUT2D eigenvalue weighted by Crippen LogP contribution is 2.39. The van der Waals surface area contributed by atoms with Crippen molar-refractivity contribution in [2.24, 2.45) is 0 Å². The molecule has 1 heterocycles. The second-order valence-corrected chi connectivity index (χ2v) is 10.6. The molecule has 0 radical (unpaired) electrons. The molecule has 0 bridgehead atoms. The molecule has 2 aromatic carbocycles. The zero-order chi connectivity index (χ0) is 20.3. The minimum atomic E-state index is -3.92. The van der Waals surface area contributed by atoms with Crippen LogP contribution in [0, 0.1) is 0 Å². The Kier molecular flexibility index (Phi) is 7.51. The van der Waals surface area contributed by atoms with Gasteiger partial charge in [-0.15, -0.1) is 0 Å². The van der Waals surface area contributed by atoms with Gasteiger partial charge in [-0.3, -0.25) is 9.29 Å². The van der Waals surface area contributed by atoms with Crippen LogP contribution in [0.2, 0.25) is 10.0 Å². The molecule has 3 rings (SSSR count). The van der Waals surface area contributed by atoms with Crippen LogP contribution in [-0.4, -0.2) is 41.0 Å². The van der Waals surface area contributed by atoms with Crippen molar-refractivity contribution in [2.45, 2.75) is 23.8 Å². The summed E-state index contributed by atoms with van der Waals surface area (Å²) in [5.74, 6) is 0.181. The lowest BCUT2D eigenvalue weighted by Crippen LogP contribution is -2.31. The van der Waals surface area contributed by atoms with Gasteiger partial charge in [0.2, 0.25) is 0 Å². The normalized spacial score (nSPS) is 17.5. The Morgan fingerprint density at radius 2 is 2.07 bits per heavy atom. The van der Waals surface area contributed by atoms with Crippen molar-refractivity contribution < 1.29 is 14.4 Å². The fraction of sp³-hybridized carbons (Fsp3) is 0.368. The molecule has 0 fully saturated rings. The average Bonchev–Trinajstić information content (AvgIpc) is 2.61. The highest BCUT2D eigenvalue weighted by molar-refractivity contribution is 7.97. The molecule has 9 heteroatoms. The van der Waals surface area contributed by atoms with Gasteiger partial charge in [0.15, 0.2) is 0 Å². The molecule has 0 amide bonds. The van der Waals surface area contributed by atoms with E-state index in [4.69, 9.17) is 33.0 Å². The fourth-order valence-corrected chi connectivity index (χ4v) is 5.31. The number of likely N-dealkylation sites (N-methyl/N-ethyl adjacent to an activating group) is 1. The quantitative estimate of drug-likeness (QED) is 0.315. The highest BCUT2D eigenvalue weighted by atomic mass is 35.5. The van der Waals surface area contributed by atoms with Crippen molar-refractivity contribution in [3.05, 3.63) is 63.1 Å². The number of hydrogen-bond donors (Lipinski definition) is 3. The maximum atomic E-state index is 10.9. The van der Waals surface area contributed by atoms with Gasteiger partial charge < -0.3 is 14.7 Å². The summed E-state index contributed by atoms with van der Waals surface area (Å²) in [6, 6.07) is 12.1. The van der Waals surface area contributed by atoms with Crippen molar-refractivity contribution in [1.82, 2.24) is 9.62 Å². The Bertz CT molecular complexity index is 893. The third kappa shape index (κ3) is 5.97. The first-order valence-corrected chi connectivity index (χ1v) is 12.3. The van der Waals surface area contributed by atoms with Crippen LogP contribution in [0.25, 0.3) is 0 Å². The molecule has 1 unspecified atom stereocenters. The van der Waals surface area contributed by atoms with E-state index in [1.165, 1.54) is 23.1 Å². The molecule has 1 aliphatic heterocycles. The van der Waals surface area contributed by atoms with Crippen LogP contribution >= 0.6 is 42.7 Å². The molecular formula is C19H23Cl2N2O3PS. The van der Waals surface area contributed by atoms with Gasteiger partial charge in [0.05, 0.1) is 6.16 Å². The van der Waals surface area contributed by atoms with E-state index in [9.17, 15) is 4.57 Å². The lowest BCUT2D eigenvalue weighted by molar-refractivity contribution is 0.295. The number of benzene rings is 2. The minimum absolute atomic E-state index is 0.104. The number of rotatable bonds is 7. The van der Waals surface area contributed by atoms with E-state index in [2.05, 4.69) is 28.8 Å². The highest BCUT2D eigenvalue weighted by Gasteiger charge is 2.27. The first-order chi connectivity index (χ1) is 13.2. The molecule has 1 atom stereocenters.